The quantitative estimate of drug-likeness (QED) is 0.651. The van der Waals surface area contributed by atoms with Gasteiger partial charge < -0.3 is 16.2 Å². The Bertz CT molecular complexity index is 526. The lowest BCUT2D eigenvalue weighted by Crippen LogP contribution is -2.36. The molecule has 1 aromatic rings. The van der Waals surface area contributed by atoms with Gasteiger partial charge in [-0.15, -0.1) is 0 Å². The van der Waals surface area contributed by atoms with Gasteiger partial charge in [0.1, 0.15) is 0 Å². The van der Waals surface area contributed by atoms with E-state index in [1.807, 2.05) is 6.26 Å². The molecule has 1 aromatic carbocycles. The maximum atomic E-state index is 12.0. The lowest BCUT2D eigenvalue weighted by Gasteiger charge is -2.15. The zero-order valence-corrected chi connectivity index (χ0v) is 14.6. The molecule has 0 aliphatic heterocycles. The summed E-state index contributed by atoms with van der Waals surface area (Å²) in [7, 11) is 0. The molecule has 0 spiro atoms. The Balaban J connectivity index is 2.97. The molecule has 0 radical (unpaired) electrons. The molecule has 8 heteroatoms. The van der Waals surface area contributed by atoms with Crippen LogP contribution in [0.3, 0.4) is 0 Å². The second-order valence-corrected chi connectivity index (χ2v) is 6.75. The number of carboxylic acids is 1. The molecule has 20 heavy (non-hydrogen) atoms. The van der Waals surface area contributed by atoms with E-state index in [9.17, 15) is 14.7 Å². The normalized spacial score (nSPS) is 12.0. The molecule has 0 aliphatic rings. The van der Waals surface area contributed by atoms with Crippen molar-refractivity contribution in [3.05, 3.63) is 26.6 Å². The molecule has 0 fully saturated rings. The summed E-state index contributed by atoms with van der Waals surface area (Å²) in [6, 6.07) is 2.42. The summed E-state index contributed by atoms with van der Waals surface area (Å²) >= 11 is 8.05. The highest BCUT2D eigenvalue weighted by molar-refractivity contribution is 9.11. The van der Waals surface area contributed by atoms with Gasteiger partial charge in [0, 0.05) is 8.95 Å². The van der Waals surface area contributed by atoms with Crippen LogP contribution < -0.4 is 11.1 Å². The monoisotopic (exact) mass is 424 g/mol. The standard InChI is InChI=1S/C12H14Br2N2O3S/c1-20-3-2-9(15)11(17)16-10-7(12(18)19)4-6(13)5-8(10)14/h4-5,9H,2-3,15H2,1H3,(H,16,17)(H,18,19)/t9-/m0/s1. The highest BCUT2D eigenvalue weighted by atomic mass is 79.9. The molecule has 1 atom stereocenters. The van der Waals surface area contributed by atoms with E-state index in [1.165, 1.54) is 6.07 Å². The summed E-state index contributed by atoms with van der Waals surface area (Å²) in [5, 5.41) is 11.8. The first-order chi connectivity index (χ1) is 9.36. The number of nitrogens with one attached hydrogen (secondary N) is 1. The van der Waals surface area contributed by atoms with E-state index in [0.29, 0.717) is 15.4 Å². The molecule has 110 valence electrons. The number of amides is 1. The van der Waals surface area contributed by atoms with Crippen LogP contribution in [0, 0.1) is 0 Å². The molecule has 0 aromatic heterocycles. The van der Waals surface area contributed by atoms with Gasteiger partial charge in [0.15, 0.2) is 0 Å². The summed E-state index contributed by atoms with van der Waals surface area (Å²) in [5.41, 5.74) is 5.97. The molecule has 0 bridgehead atoms. The van der Waals surface area contributed by atoms with E-state index in [2.05, 4.69) is 37.2 Å². The van der Waals surface area contributed by atoms with Crippen LogP contribution in [0.5, 0.6) is 0 Å². The van der Waals surface area contributed by atoms with Crippen molar-refractivity contribution >= 4 is 61.2 Å². The van der Waals surface area contributed by atoms with Crippen LogP contribution in [-0.4, -0.2) is 35.0 Å². The van der Waals surface area contributed by atoms with Crippen LogP contribution in [0.4, 0.5) is 5.69 Å². The minimum absolute atomic E-state index is 0.00309. The molecule has 0 unspecified atom stereocenters. The summed E-state index contributed by atoms with van der Waals surface area (Å²) in [5.74, 6) is -0.758. The van der Waals surface area contributed by atoms with E-state index in [-0.39, 0.29) is 11.3 Å². The first kappa shape index (κ1) is 17.5. The number of carboxylic acid groups (broad SMARTS) is 1. The van der Waals surface area contributed by atoms with Crippen molar-refractivity contribution in [1.82, 2.24) is 0 Å². The predicted molar refractivity (Wildman–Crippen MR) is 88.4 cm³/mol. The number of carbonyl (C=O) groups is 2. The Morgan fingerprint density at radius 1 is 1.45 bits per heavy atom. The lowest BCUT2D eigenvalue weighted by atomic mass is 10.1. The van der Waals surface area contributed by atoms with E-state index in [4.69, 9.17) is 5.73 Å². The molecule has 5 nitrogen and oxygen atoms in total. The molecule has 0 saturated carbocycles. The minimum Gasteiger partial charge on any atom is -0.478 e. The van der Waals surface area contributed by atoms with Gasteiger partial charge in [-0.25, -0.2) is 4.79 Å². The summed E-state index contributed by atoms with van der Waals surface area (Å²) in [6.45, 7) is 0. The van der Waals surface area contributed by atoms with Crippen molar-refractivity contribution in [1.29, 1.82) is 0 Å². The van der Waals surface area contributed by atoms with Crippen molar-refractivity contribution < 1.29 is 14.7 Å². The number of aromatic carboxylic acids is 1. The minimum atomic E-state index is -1.13. The molecular weight excluding hydrogens is 412 g/mol. The van der Waals surface area contributed by atoms with E-state index >= 15 is 0 Å². The Labute approximate surface area is 137 Å². The maximum Gasteiger partial charge on any atom is 0.337 e. The van der Waals surface area contributed by atoms with Crippen LogP contribution in [0.1, 0.15) is 16.8 Å². The number of hydrogen-bond donors (Lipinski definition) is 3. The van der Waals surface area contributed by atoms with Crippen LogP contribution in [0.15, 0.2) is 21.1 Å². The SMILES string of the molecule is CSCC[C@H](N)C(=O)Nc1c(Br)cc(Br)cc1C(=O)O. The molecule has 1 amide bonds. The van der Waals surface area contributed by atoms with Gasteiger partial charge in [-0.3, -0.25) is 4.79 Å². The average molecular weight is 426 g/mol. The molecule has 4 N–H and O–H groups in total. The number of thioether (sulfide) groups is 1. The number of halogens is 2. The predicted octanol–water partition coefficient (Wildman–Crippen LogP) is 2.93. The zero-order valence-electron chi connectivity index (χ0n) is 10.7. The first-order valence-corrected chi connectivity index (χ1v) is 8.62. The molecule has 0 heterocycles. The average Bonchev–Trinajstić information content (AvgIpc) is 2.38. The van der Waals surface area contributed by atoms with Crippen molar-refractivity contribution in [2.24, 2.45) is 5.73 Å². The third kappa shape index (κ3) is 4.76. The van der Waals surface area contributed by atoms with Crippen molar-refractivity contribution in [3.8, 4) is 0 Å². The molecular formula is C12H14Br2N2O3S. The molecule has 0 saturated heterocycles. The maximum absolute atomic E-state index is 12.0. The number of rotatable bonds is 6. The third-order valence-electron chi connectivity index (χ3n) is 2.50. The fourth-order valence-corrected chi connectivity index (χ4v) is 3.28. The third-order valence-corrected chi connectivity index (χ3v) is 4.23. The largest absolute Gasteiger partial charge is 0.478 e. The number of anilines is 1. The number of nitrogens with two attached hydrogens (primary N) is 1. The number of carbonyl (C=O) groups excluding carboxylic acids is 1. The summed E-state index contributed by atoms with van der Waals surface area (Å²) in [6.07, 6.45) is 2.46. The van der Waals surface area contributed by atoms with Crippen LogP contribution in [-0.2, 0) is 4.79 Å². The topological polar surface area (TPSA) is 92.4 Å². The van der Waals surface area contributed by atoms with Gasteiger partial charge in [0.25, 0.3) is 0 Å². The van der Waals surface area contributed by atoms with Gasteiger partial charge in [-0.1, -0.05) is 15.9 Å². The van der Waals surface area contributed by atoms with Gasteiger partial charge in [-0.2, -0.15) is 11.8 Å². The van der Waals surface area contributed by atoms with Gasteiger partial charge in [-0.05, 0) is 46.5 Å². The second kappa shape index (κ2) is 8.02. The van der Waals surface area contributed by atoms with Crippen LogP contribution in [0.25, 0.3) is 0 Å². The van der Waals surface area contributed by atoms with Crippen molar-refractivity contribution in [2.45, 2.75) is 12.5 Å². The van der Waals surface area contributed by atoms with Gasteiger partial charge in [0.2, 0.25) is 5.91 Å². The Morgan fingerprint density at radius 3 is 2.65 bits per heavy atom. The smallest absolute Gasteiger partial charge is 0.337 e. The lowest BCUT2D eigenvalue weighted by molar-refractivity contribution is -0.117. The van der Waals surface area contributed by atoms with E-state index in [0.717, 1.165) is 5.75 Å². The summed E-state index contributed by atoms with van der Waals surface area (Å²) in [4.78, 5) is 23.2. The van der Waals surface area contributed by atoms with Gasteiger partial charge in [0.05, 0.1) is 17.3 Å². The highest BCUT2D eigenvalue weighted by Gasteiger charge is 2.20. The zero-order chi connectivity index (χ0) is 15.3. The number of benzene rings is 1. The fraction of sp³-hybridized carbons (Fsp3) is 0.333. The van der Waals surface area contributed by atoms with E-state index in [1.54, 1.807) is 17.8 Å². The molecule has 0 aliphatic carbocycles. The van der Waals surface area contributed by atoms with Gasteiger partial charge >= 0.3 is 5.97 Å². The number of hydrogen-bond acceptors (Lipinski definition) is 4. The first-order valence-electron chi connectivity index (χ1n) is 5.64. The Morgan fingerprint density at radius 2 is 2.10 bits per heavy atom. The molecule has 1 rings (SSSR count). The van der Waals surface area contributed by atoms with Crippen molar-refractivity contribution in [3.63, 3.8) is 0 Å². The Hall–Kier alpha value is -0.570. The van der Waals surface area contributed by atoms with Crippen LogP contribution >= 0.6 is 43.6 Å². The second-order valence-electron chi connectivity index (χ2n) is 3.99. The highest BCUT2D eigenvalue weighted by Crippen LogP contribution is 2.31. The Kier molecular flexibility index (Phi) is 7.01. The van der Waals surface area contributed by atoms with Crippen molar-refractivity contribution in [2.75, 3.05) is 17.3 Å². The fourth-order valence-electron chi connectivity index (χ4n) is 1.46. The summed E-state index contributed by atoms with van der Waals surface area (Å²) < 4.78 is 1.08. The van der Waals surface area contributed by atoms with E-state index < -0.39 is 17.9 Å². The van der Waals surface area contributed by atoms with Crippen LogP contribution in [0.2, 0.25) is 0 Å².